The Labute approximate surface area is 295 Å². The fraction of sp³-hybridized carbons (Fsp3) is 0.500. The van der Waals surface area contributed by atoms with Gasteiger partial charge in [0, 0.05) is 57.5 Å². The van der Waals surface area contributed by atoms with Crippen LogP contribution in [0.4, 0.5) is 24.8 Å². The third kappa shape index (κ3) is 8.85. The summed E-state index contributed by atoms with van der Waals surface area (Å²) in [5.74, 6) is -2.58. The van der Waals surface area contributed by atoms with E-state index in [0.29, 0.717) is 32.5 Å². The molecule has 5 rings (SSSR count). The number of sulfonamides is 1. The summed E-state index contributed by atoms with van der Waals surface area (Å²) in [4.78, 5) is 64.4. The molecule has 1 atom stereocenters. The predicted octanol–water partition coefficient (Wildman–Crippen LogP) is 1.23. The van der Waals surface area contributed by atoms with Gasteiger partial charge >= 0.3 is 12.1 Å². The van der Waals surface area contributed by atoms with Gasteiger partial charge in [0.25, 0.3) is 5.91 Å². The van der Waals surface area contributed by atoms with Crippen molar-refractivity contribution in [1.29, 1.82) is 0 Å². The summed E-state index contributed by atoms with van der Waals surface area (Å²) in [6.45, 7) is 0.717. The van der Waals surface area contributed by atoms with E-state index in [4.69, 9.17) is 23.1 Å². The zero-order chi connectivity index (χ0) is 37.1. The monoisotopic (exact) mass is 756 g/mol. The zero-order valence-electron chi connectivity index (χ0n) is 27.1. The molecule has 4 heterocycles. The number of hydrogen-bond donors (Lipinski definition) is 5. The van der Waals surface area contributed by atoms with Crippen LogP contribution in [0.1, 0.15) is 65.8 Å². The van der Waals surface area contributed by atoms with Gasteiger partial charge in [0.15, 0.2) is 28.4 Å². The van der Waals surface area contributed by atoms with Crippen molar-refractivity contribution in [3.05, 3.63) is 40.7 Å². The molecule has 2 aromatic rings. The number of Topliss-reactive ketones (excluding diaryl/α,β-unsaturated/α-hetero) is 1. The molecule has 3 amide bonds. The number of benzene rings is 1. The van der Waals surface area contributed by atoms with Crippen molar-refractivity contribution in [2.24, 2.45) is 4.99 Å². The summed E-state index contributed by atoms with van der Waals surface area (Å²) in [7, 11) is -4.13. The molecule has 3 aliphatic heterocycles. The standard InChI is InChI=1S/C30H36ClF3N10O6S/c31-23-25(36)40-24(35)22(39-23)26(47)41-28-37-16-29(42-28)9-13-43(14-10-29)27(48)17-3-1-4-19(15-17)51(49,50)38-11-8-18(45)6-7-21(46)44-12-2-5-20(44)30(32,33)34/h1,3-4,15,20,38H,2,5-14,16H2,(H4,35,36,40)(H2,37,41,42,47). The molecule has 0 radical (unpaired) electrons. The van der Waals surface area contributed by atoms with Crippen LogP contribution in [-0.2, 0) is 19.6 Å². The first-order valence-corrected chi connectivity index (χ1v) is 17.8. The van der Waals surface area contributed by atoms with Gasteiger partial charge in [0.05, 0.1) is 10.4 Å². The number of likely N-dealkylation sites (tertiary alicyclic amines) is 2. The zero-order valence-corrected chi connectivity index (χ0v) is 28.7. The maximum absolute atomic E-state index is 13.4. The maximum Gasteiger partial charge on any atom is 0.408 e. The number of amides is 3. The minimum absolute atomic E-state index is 0.0262. The number of carbonyl (C=O) groups is 4. The highest BCUT2D eigenvalue weighted by Gasteiger charge is 2.47. The van der Waals surface area contributed by atoms with E-state index < -0.39 is 57.7 Å². The van der Waals surface area contributed by atoms with Gasteiger partial charge in [-0.3, -0.25) is 19.2 Å². The van der Waals surface area contributed by atoms with Crippen LogP contribution in [0, 0.1) is 0 Å². The van der Waals surface area contributed by atoms with Gasteiger partial charge in [-0.2, -0.15) is 18.2 Å². The number of anilines is 2. The molecule has 1 unspecified atom stereocenters. The first-order valence-electron chi connectivity index (χ1n) is 16.0. The van der Waals surface area contributed by atoms with Crippen LogP contribution in [0.5, 0.6) is 0 Å². The van der Waals surface area contributed by atoms with Crippen LogP contribution in [0.3, 0.4) is 0 Å². The molecule has 1 spiro atoms. The molecule has 276 valence electrons. The number of nitrogens with one attached hydrogen (secondary N) is 3. The van der Waals surface area contributed by atoms with Crippen molar-refractivity contribution < 1.29 is 40.8 Å². The summed E-state index contributed by atoms with van der Waals surface area (Å²) in [6, 6.07) is 3.58. The number of rotatable bonds is 10. The molecule has 3 saturated heterocycles. The number of piperidine rings is 1. The van der Waals surface area contributed by atoms with Crippen molar-refractivity contribution >= 4 is 62.7 Å². The fourth-order valence-corrected chi connectivity index (χ4v) is 7.36. The molecule has 1 aromatic heterocycles. The topological polar surface area (TPSA) is 235 Å². The highest BCUT2D eigenvalue weighted by Crippen LogP contribution is 2.33. The Morgan fingerprint density at radius 3 is 2.49 bits per heavy atom. The molecule has 7 N–H and O–H groups in total. The van der Waals surface area contributed by atoms with Gasteiger partial charge in [0.2, 0.25) is 15.9 Å². The Morgan fingerprint density at radius 1 is 1.06 bits per heavy atom. The van der Waals surface area contributed by atoms with E-state index in [-0.39, 0.29) is 77.7 Å². The Morgan fingerprint density at radius 2 is 1.78 bits per heavy atom. The number of nitrogens with zero attached hydrogens (tertiary/aromatic N) is 5. The number of aliphatic imine (C=N–C) groups is 1. The van der Waals surface area contributed by atoms with E-state index in [9.17, 15) is 40.8 Å². The third-order valence-electron chi connectivity index (χ3n) is 8.96. The van der Waals surface area contributed by atoms with E-state index in [1.54, 1.807) is 4.90 Å². The lowest BCUT2D eigenvalue weighted by atomic mass is 9.88. The number of nitrogens with two attached hydrogens (primary N) is 2. The van der Waals surface area contributed by atoms with Gasteiger partial charge in [-0.25, -0.2) is 23.1 Å². The molecule has 21 heteroatoms. The smallest absolute Gasteiger partial charge is 0.382 e. The number of aromatic nitrogens is 2. The van der Waals surface area contributed by atoms with Crippen molar-refractivity contribution in [1.82, 2.24) is 35.1 Å². The second-order valence-corrected chi connectivity index (χ2v) is 14.6. The summed E-state index contributed by atoms with van der Waals surface area (Å²) in [6.07, 6.45) is -4.51. The Hall–Kier alpha value is -4.56. The molecule has 51 heavy (non-hydrogen) atoms. The molecular weight excluding hydrogens is 721 g/mol. The molecule has 1 aromatic carbocycles. The number of ketones is 1. The largest absolute Gasteiger partial charge is 0.408 e. The number of halogens is 4. The number of hydrogen-bond acceptors (Lipinski definition) is 10. The van der Waals surface area contributed by atoms with Crippen LogP contribution < -0.4 is 26.8 Å². The normalized spacial score (nSPS) is 19.6. The van der Waals surface area contributed by atoms with Crippen molar-refractivity contribution in [2.75, 3.05) is 44.2 Å². The SMILES string of the molecule is Nc1nc(N)c(C(=O)/N=C2\NCC3(CCN(C(=O)c4cccc(S(=O)(=O)NCCC(=O)CCC(=O)N5CCCC5C(F)(F)F)c4)CC3)N2)nc1Cl. The molecule has 0 saturated carbocycles. The van der Waals surface area contributed by atoms with Crippen molar-refractivity contribution in [3.63, 3.8) is 0 Å². The quantitative estimate of drug-likeness (QED) is 0.230. The van der Waals surface area contributed by atoms with E-state index in [0.717, 1.165) is 4.90 Å². The average Bonchev–Trinajstić information content (AvgIpc) is 3.73. The van der Waals surface area contributed by atoms with E-state index >= 15 is 0 Å². The second kappa shape index (κ2) is 15.0. The van der Waals surface area contributed by atoms with Crippen LogP contribution >= 0.6 is 11.6 Å². The first-order chi connectivity index (χ1) is 24.0. The van der Waals surface area contributed by atoms with Gasteiger partial charge in [-0.05, 0) is 43.9 Å². The molecule has 3 aliphatic rings. The minimum atomic E-state index is -4.54. The molecular formula is C30H36ClF3N10O6S. The number of carbonyl (C=O) groups excluding carboxylic acids is 4. The van der Waals surface area contributed by atoms with E-state index in [2.05, 4.69) is 30.3 Å². The van der Waals surface area contributed by atoms with Gasteiger partial charge < -0.3 is 31.9 Å². The molecule has 16 nitrogen and oxygen atoms in total. The van der Waals surface area contributed by atoms with Crippen LogP contribution in [0.25, 0.3) is 0 Å². The van der Waals surface area contributed by atoms with Crippen LogP contribution in [0.2, 0.25) is 5.15 Å². The second-order valence-electron chi connectivity index (χ2n) is 12.5. The Bertz CT molecular complexity index is 1850. The van der Waals surface area contributed by atoms with Gasteiger partial charge in [-0.15, -0.1) is 0 Å². The number of nitrogen functional groups attached to an aromatic ring is 2. The minimum Gasteiger partial charge on any atom is -0.382 e. The van der Waals surface area contributed by atoms with Crippen LogP contribution in [0.15, 0.2) is 34.2 Å². The lowest BCUT2D eigenvalue weighted by Crippen LogP contribution is -2.53. The molecule has 0 bridgehead atoms. The van der Waals surface area contributed by atoms with Crippen molar-refractivity contribution in [3.8, 4) is 0 Å². The van der Waals surface area contributed by atoms with Gasteiger partial charge in [0.1, 0.15) is 11.8 Å². The van der Waals surface area contributed by atoms with Crippen molar-refractivity contribution in [2.45, 2.75) is 67.6 Å². The Kier molecular flexibility index (Phi) is 11.1. The summed E-state index contributed by atoms with van der Waals surface area (Å²) in [5, 5.41) is 6.05. The number of guanidine groups is 1. The van der Waals surface area contributed by atoms with E-state index in [1.807, 2.05) is 0 Å². The lowest BCUT2D eigenvalue weighted by Gasteiger charge is -2.38. The van der Waals surface area contributed by atoms with E-state index in [1.165, 1.54) is 24.3 Å². The first kappa shape index (κ1) is 37.7. The highest BCUT2D eigenvalue weighted by atomic mass is 35.5. The number of alkyl halides is 3. The molecule has 3 fully saturated rings. The summed E-state index contributed by atoms with van der Waals surface area (Å²) in [5.41, 5.74) is 10.7. The predicted molar refractivity (Wildman–Crippen MR) is 178 cm³/mol. The summed E-state index contributed by atoms with van der Waals surface area (Å²) >= 11 is 5.86. The lowest BCUT2D eigenvalue weighted by molar-refractivity contribution is -0.182. The van der Waals surface area contributed by atoms with Crippen LogP contribution in [-0.4, -0.2) is 108 Å². The Balaban J connectivity index is 1.09. The molecule has 0 aliphatic carbocycles. The fourth-order valence-electron chi connectivity index (χ4n) is 6.16. The average molecular weight is 757 g/mol. The maximum atomic E-state index is 13.4. The third-order valence-corrected chi connectivity index (χ3v) is 10.7. The highest BCUT2D eigenvalue weighted by molar-refractivity contribution is 7.89. The summed E-state index contributed by atoms with van der Waals surface area (Å²) < 4.78 is 67.7. The van der Waals surface area contributed by atoms with Gasteiger partial charge in [-0.1, -0.05) is 17.7 Å².